The SMILES string of the molecule is COc1cc([B]OC(C)(C)C(C)(C)O)cc(O)c1C(=O)OC(C)(C)C. The minimum absolute atomic E-state index is 0.0451. The van der Waals surface area contributed by atoms with Crippen LogP contribution in [-0.4, -0.2) is 47.6 Å². The molecule has 0 bridgehead atoms. The van der Waals surface area contributed by atoms with Gasteiger partial charge in [-0.05, 0) is 66.1 Å². The zero-order chi connectivity index (χ0) is 19.6. The minimum atomic E-state index is -1.08. The van der Waals surface area contributed by atoms with Crippen molar-refractivity contribution in [3.05, 3.63) is 17.7 Å². The molecule has 0 unspecified atom stereocenters. The number of esters is 1. The van der Waals surface area contributed by atoms with Gasteiger partial charge in [-0.2, -0.15) is 0 Å². The molecular formula is C18H28BO6. The number of aliphatic hydroxyl groups is 1. The Morgan fingerprint density at radius 3 is 2.08 bits per heavy atom. The van der Waals surface area contributed by atoms with Crippen molar-refractivity contribution in [2.24, 2.45) is 0 Å². The van der Waals surface area contributed by atoms with Crippen LogP contribution in [0.25, 0.3) is 0 Å². The highest BCUT2D eigenvalue weighted by Gasteiger charge is 2.36. The molecule has 0 saturated carbocycles. The third-order valence-corrected chi connectivity index (χ3v) is 3.89. The van der Waals surface area contributed by atoms with E-state index in [2.05, 4.69) is 0 Å². The highest BCUT2D eigenvalue weighted by molar-refractivity contribution is 6.47. The summed E-state index contributed by atoms with van der Waals surface area (Å²) in [5.41, 5.74) is -2.19. The highest BCUT2D eigenvalue weighted by Crippen LogP contribution is 2.29. The van der Waals surface area contributed by atoms with Crippen LogP contribution < -0.4 is 10.2 Å². The van der Waals surface area contributed by atoms with Crippen molar-refractivity contribution in [2.45, 2.75) is 65.3 Å². The second-order valence-electron chi connectivity index (χ2n) is 7.92. The van der Waals surface area contributed by atoms with Crippen LogP contribution in [0.15, 0.2) is 12.1 Å². The Balaban J connectivity index is 3.08. The molecular weight excluding hydrogens is 323 g/mol. The van der Waals surface area contributed by atoms with Crippen LogP contribution in [-0.2, 0) is 9.39 Å². The van der Waals surface area contributed by atoms with Crippen molar-refractivity contribution in [2.75, 3.05) is 7.11 Å². The van der Waals surface area contributed by atoms with E-state index in [1.807, 2.05) is 0 Å². The van der Waals surface area contributed by atoms with E-state index in [1.54, 1.807) is 54.5 Å². The second kappa shape index (κ2) is 7.26. The van der Waals surface area contributed by atoms with E-state index in [0.717, 1.165) is 0 Å². The van der Waals surface area contributed by atoms with Crippen LogP contribution in [0.2, 0.25) is 0 Å². The van der Waals surface area contributed by atoms with E-state index in [9.17, 15) is 15.0 Å². The van der Waals surface area contributed by atoms with Crippen LogP contribution in [0.3, 0.4) is 0 Å². The van der Waals surface area contributed by atoms with Crippen LogP contribution in [0.1, 0.15) is 58.8 Å². The van der Waals surface area contributed by atoms with Gasteiger partial charge in [0, 0.05) is 0 Å². The summed E-state index contributed by atoms with van der Waals surface area (Å²) in [4.78, 5) is 12.3. The minimum Gasteiger partial charge on any atom is -0.507 e. The molecule has 139 valence electrons. The van der Waals surface area contributed by atoms with Crippen molar-refractivity contribution in [1.29, 1.82) is 0 Å². The van der Waals surface area contributed by atoms with Crippen LogP contribution in [0, 0.1) is 0 Å². The van der Waals surface area contributed by atoms with Crippen LogP contribution in [0.4, 0.5) is 0 Å². The Labute approximate surface area is 150 Å². The summed E-state index contributed by atoms with van der Waals surface area (Å²) in [6, 6.07) is 2.93. The first-order chi connectivity index (χ1) is 11.2. The van der Waals surface area contributed by atoms with E-state index in [0.29, 0.717) is 5.46 Å². The second-order valence-corrected chi connectivity index (χ2v) is 7.92. The summed E-state index contributed by atoms with van der Waals surface area (Å²) in [7, 11) is 2.80. The summed E-state index contributed by atoms with van der Waals surface area (Å²) in [6.07, 6.45) is 0. The maximum Gasteiger partial charge on any atom is 0.346 e. The van der Waals surface area contributed by atoms with Crippen LogP contribution in [0.5, 0.6) is 11.5 Å². The van der Waals surface area contributed by atoms with Gasteiger partial charge in [-0.25, -0.2) is 4.79 Å². The van der Waals surface area contributed by atoms with Gasteiger partial charge in [-0.1, -0.05) is 0 Å². The number of hydrogen-bond acceptors (Lipinski definition) is 6. The lowest BCUT2D eigenvalue weighted by Crippen LogP contribution is -2.49. The first-order valence-corrected chi connectivity index (χ1v) is 8.06. The zero-order valence-electron chi connectivity index (χ0n) is 16.3. The van der Waals surface area contributed by atoms with Gasteiger partial charge in [-0.3, -0.25) is 0 Å². The fourth-order valence-corrected chi connectivity index (χ4v) is 1.74. The van der Waals surface area contributed by atoms with E-state index in [1.165, 1.54) is 20.7 Å². The van der Waals surface area contributed by atoms with E-state index >= 15 is 0 Å². The number of ether oxygens (including phenoxy) is 2. The topological polar surface area (TPSA) is 85.2 Å². The zero-order valence-corrected chi connectivity index (χ0v) is 16.3. The normalized spacial score (nSPS) is 12.7. The van der Waals surface area contributed by atoms with Crippen molar-refractivity contribution < 1.29 is 29.1 Å². The van der Waals surface area contributed by atoms with Gasteiger partial charge in [0.2, 0.25) is 0 Å². The van der Waals surface area contributed by atoms with Gasteiger partial charge >= 0.3 is 13.5 Å². The average molecular weight is 351 g/mol. The standard InChI is InChI=1S/C18H28BO6/c1-16(2,3)24-15(21)14-12(20)9-11(10-13(14)23-8)19-25-18(6,7)17(4,5)22/h9-10,20,22H,1-8H3. The van der Waals surface area contributed by atoms with Crippen molar-refractivity contribution in [3.63, 3.8) is 0 Å². The molecule has 1 radical (unpaired) electrons. The Hall–Kier alpha value is -1.73. The Morgan fingerprint density at radius 1 is 1.08 bits per heavy atom. The van der Waals surface area contributed by atoms with Gasteiger partial charge in [0.05, 0.1) is 18.3 Å². The lowest BCUT2D eigenvalue weighted by Gasteiger charge is -2.37. The lowest BCUT2D eigenvalue weighted by atomic mass is 9.82. The summed E-state index contributed by atoms with van der Waals surface area (Å²) < 4.78 is 16.2. The maximum atomic E-state index is 12.3. The molecule has 2 N–H and O–H groups in total. The number of aromatic hydroxyl groups is 1. The lowest BCUT2D eigenvalue weighted by molar-refractivity contribution is -0.0893. The number of phenolic OH excluding ortho intramolecular Hbond substituents is 1. The maximum absolute atomic E-state index is 12.3. The monoisotopic (exact) mass is 351 g/mol. The summed E-state index contributed by atoms with van der Waals surface area (Å²) >= 11 is 0. The number of methoxy groups -OCH3 is 1. The van der Waals surface area contributed by atoms with E-state index in [4.69, 9.17) is 14.1 Å². The Morgan fingerprint density at radius 2 is 1.64 bits per heavy atom. The number of phenols is 1. The number of carbonyl (C=O) groups is 1. The van der Waals surface area contributed by atoms with Crippen molar-refractivity contribution in [1.82, 2.24) is 0 Å². The fourth-order valence-electron chi connectivity index (χ4n) is 1.74. The predicted molar refractivity (Wildman–Crippen MR) is 96.7 cm³/mol. The molecule has 7 heteroatoms. The Kier molecular flexibility index (Phi) is 6.19. The molecule has 6 nitrogen and oxygen atoms in total. The third kappa shape index (κ3) is 5.65. The van der Waals surface area contributed by atoms with Gasteiger partial charge in [0.1, 0.15) is 22.7 Å². The number of hydrogen-bond donors (Lipinski definition) is 2. The first kappa shape index (κ1) is 21.3. The first-order valence-electron chi connectivity index (χ1n) is 8.06. The van der Waals surface area contributed by atoms with E-state index in [-0.39, 0.29) is 17.1 Å². The number of rotatable bonds is 6. The Bertz CT molecular complexity index is 626. The molecule has 25 heavy (non-hydrogen) atoms. The molecule has 1 aromatic rings. The molecule has 0 aliphatic carbocycles. The molecule has 0 aromatic heterocycles. The quantitative estimate of drug-likeness (QED) is 0.604. The fraction of sp³-hybridized carbons (Fsp3) is 0.611. The van der Waals surface area contributed by atoms with Crippen molar-refractivity contribution in [3.8, 4) is 11.5 Å². The van der Waals surface area contributed by atoms with Gasteiger partial charge in [0.25, 0.3) is 0 Å². The summed E-state index contributed by atoms with van der Waals surface area (Å²) in [5.74, 6) is -0.777. The van der Waals surface area contributed by atoms with Crippen molar-refractivity contribution >= 4 is 18.9 Å². The molecule has 1 rings (SSSR count). The smallest absolute Gasteiger partial charge is 0.346 e. The molecule has 0 heterocycles. The summed E-state index contributed by atoms with van der Waals surface area (Å²) in [6.45, 7) is 12.0. The molecule has 0 aliphatic heterocycles. The number of benzene rings is 1. The molecule has 0 amide bonds. The number of carbonyl (C=O) groups excluding carboxylic acids is 1. The van der Waals surface area contributed by atoms with E-state index < -0.39 is 22.8 Å². The van der Waals surface area contributed by atoms with Gasteiger partial charge in [0.15, 0.2) is 0 Å². The van der Waals surface area contributed by atoms with Crippen LogP contribution >= 0.6 is 0 Å². The molecule has 0 fully saturated rings. The molecule has 0 atom stereocenters. The predicted octanol–water partition coefficient (Wildman–Crippen LogP) is 2.17. The van der Waals surface area contributed by atoms with Gasteiger partial charge < -0.3 is 24.3 Å². The largest absolute Gasteiger partial charge is 0.507 e. The molecule has 0 saturated heterocycles. The molecule has 0 aliphatic rings. The third-order valence-electron chi connectivity index (χ3n) is 3.89. The average Bonchev–Trinajstić information content (AvgIpc) is 2.41. The van der Waals surface area contributed by atoms with Gasteiger partial charge in [-0.15, -0.1) is 0 Å². The highest BCUT2D eigenvalue weighted by atomic mass is 16.6. The summed E-state index contributed by atoms with van der Waals surface area (Å²) in [5, 5.41) is 20.4. The molecule has 0 spiro atoms. The molecule has 1 aromatic carbocycles.